The zero-order chi connectivity index (χ0) is 22.5. The van der Waals surface area contributed by atoms with E-state index in [9.17, 15) is 10.1 Å². The first-order valence-electron chi connectivity index (χ1n) is 11.4. The minimum atomic E-state index is -0.0780. The summed E-state index contributed by atoms with van der Waals surface area (Å²) in [5.41, 5.74) is 3.55. The molecule has 1 amide bonds. The van der Waals surface area contributed by atoms with Crippen LogP contribution in [0.2, 0.25) is 0 Å². The number of nitriles is 1. The van der Waals surface area contributed by atoms with Gasteiger partial charge in [-0.2, -0.15) is 5.26 Å². The molecule has 2 aliphatic rings. The molecular formula is C24H32N6O2. The lowest BCUT2D eigenvalue weighted by atomic mass is 10.2. The van der Waals surface area contributed by atoms with Gasteiger partial charge in [-0.3, -0.25) is 19.6 Å². The molecule has 8 heteroatoms. The molecule has 1 N–H and O–H groups in total. The number of piperazine rings is 1. The predicted octanol–water partition coefficient (Wildman–Crippen LogP) is 2.31. The Kier molecular flexibility index (Phi) is 7.20. The summed E-state index contributed by atoms with van der Waals surface area (Å²) in [7, 11) is 0. The van der Waals surface area contributed by atoms with Gasteiger partial charge in [-0.1, -0.05) is 6.07 Å². The number of carbonyl (C=O) groups excluding carboxylic acids is 1. The molecule has 2 saturated heterocycles. The van der Waals surface area contributed by atoms with Crippen LogP contribution in [0.4, 0.5) is 5.82 Å². The maximum atomic E-state index is 12.9. The zero-order valence-corrected chi connectivity index (χ0v) is 19.0. The van der Waals surface area contributed by atoms with Crippen LogP contribution in [0, 0.1) is 25.2 Å². The normalized spacial score (nSPS) is 19.7. The number of hydrogen-bond donors (Lipinski definition) is 1. The predicted molar refractivity (Wildman–Crippen MR) is 122 cm³/mol. The van der Waals surface area contributed by atoms with Crippen LogP contribution in [-0.2, 0) is 22.6 Å². The number of pyridine rings is 1. The summed E-state index contributed by atoms with van der Waals surface area (Å²) in [6.07, 6.45) is 4.02. The van der Waals surface area contributed by atoms with Gasteiger partial charge in [0.1, 0.15) is 11.9 Å². The molecular weight excluding hydrogens is 404 g/mol. The average Bonchev–Trinajstić information content (AvgIpc) is 3.39. The maximum absolute atomic E-state index is 12.9. The Bertz CT molecular complexity index is 967. The standard InChI is InChI=1S/C24H32N6O2/c1-18-19(2)30(16-21-7-5-13-32-21)24(22(18)14-25)27-23(31)17-29-11-9-28(10-12-29)15-20-6-3-4-8-26-20/h3-4,6,8,21H,5,7,9-13,15-17H2,1-2H3,(H,27,31). The molecule has 0 radical (unpaired) electrons. The smallest absolute Gasteiger partial charge is 0.239 e. The summed E-state index contributed by atoms with van der Waals surface area (Å²) in [5, 5.41) is 12.8. The summed E-state index contributed by atoms with van der Waals surface area (Å²) in [4.78, 5) is 21.8. The molecule has 170 valence electrons. The SMILES string of the molecule is Cc1c(C#N)c(NC(=O)CN2CCN(Cc3ccccn3)CC2)n(CC2CCCO2)c1C. The Morgan fingerprint density at radius 1 is 1.25 bits per heavy atom. The number of nitrogens with zero attached hydrogens (tertiary/aromatic N) is 5. The van der Waals surface area contributed by atoms with Gasteiger partial charge in [0.2, 0.25) is 5.91 Å². The van der Waals surface area contributed by atoms with Crippen LogP contribution in [0.1, 0.15) is 35.4 Å². The Morgan fingerprint density at radius 2 is 2.03 bits per heavy atom. The van der Waals surface area contributed by atoms with Crippen LogP contribution in [0.25, 0.3) is 0 Å². The fourth-order valence-electron chi connectivity index (χ4n) is 4.55. The fraction of sp³-hybridized carbons (Fsp3) is 0.542. The third-order valence-corrected chi connectivity index (χ3v) is 6.55. The summed E-state index contributed by atoms with van der Waals surface area (Å²) >= 11 is 0. The number of anilines is 1. The van der Waals surface area contributed by atoms with Gasteiger partial charge in [0, 0.05) is 51.2 Å². The Labute approximate surface area is 189 Å². The van der Waals surface area contributed by atoms with E-state index in [2.05, 4.69) is 26.2 Å². The number of ether oxygens (including phenoxy) is 1. The minimum Gasteiger partial charge on any atom is -0.376 e. The maximum Gasteiger partial charge on any atom is 0.239 e. The van der Waals surface area contributed by atoms with Crippen LogP contribution in [0.3, 0.4) is 0 Å². The van der Waals surface area contributed by atoms with Crippen LogP contribution in [0.5, 0.6) is 0 Å². The summed E-state index contributed by atoms with van der Waals surface area (Å²) in [6, 6.07) is 8.27. The first-order valence-corrected chi connectivity index (χ1v) is 11.4. The highest BCUT2D eigenvalue weighted by atomic mass is 16.5. The highest BCUT2D eigenvalue weighted by Gasteiger charge is 2.25. The number of nitrogens with one attached hydrogen (secondary N) is 1. The first-order chi connectivity index (χ1) is 15.5. The van der Waals surface area contributed by atoms with Crippen molar-refractivity contribution in [3.63, 3.8) is 0 Å². The lowest BCUT2D eigenvalue weighted by Gasteiger charge is -2.34. The number of carbonyl (C=O) groups is 1. The monoisotopic (exact) mass is 436 g/mol. The van der Waals surface area contributed by atoms with Crippen molar-refractivity contribution in [1.82, 2.24) is 19.4 Å². The fourth-order valence-corrected chi connectivity index (χ4v) is 4.55. The van der Waals surface area contributed by atoms with E-state index in [4.69, 9.17) is 4.74 Å². The molecule has 0 spiro atoms. The minimum absolute atomic E-state index is 0.0780. The number of aromatic nitrogens is 2. The molecule has 0 bridgehead atoms. The molecule has 8 nitrogen and oxygen atoms in total. The molecule has 0 saturated carbocycles. The molecule has 32 heavy (non-hydrogen) atoms. The van der Waals surface area contributed by atoms with Gasteiger partial charge in [-0.25, -0.2) is 0 Å². The van der Waals surface area contributed by atoms with Crippen molar-refractivity contribution in [2.45, 2.75) is 45.9 Å². The number of rotatable bonds is 7. The van der Waals surface area contributed by atoms with Crippen molar-refractivity contribution in [2.24, 2.45) is 0 Å². The van der Waals surface area contributed by atoms with Crippen molar-refractivity contribution in [3.8, 4) is 6.07 Å². The lowest BCUT2D eigenvalue weighted by Crippen LogP contribution is -2.48. The largest absolute Gasteiger partial charge is 0.376 e. The lowest BCUT2D eigenvalue weighted by molar-refractivity contribution is -0.117. The molecule has 1 atom stereocenters. The van der Waals surface area contributed by atoms with E-state index in [1.807, 2.05) is 42.8 Å². The molecule has 0 aliphatic carbocycles. The van der Waals surface area contributed by atoms with E-state index in [-0.39, 0.29) is 12.0 Å². The Morgan fingerprint density at radius 3 is 2.69 bits per heavy atom. The van der Waals surface area contributed by atoms with Crippen molar-refractivity contribution in [3.05, 3.63) is 46.9 Å². The molecule has 4 rings (SSSR count). The number of amides is 1. The van der Waals surface area contributed by atoms with Crippen LogP contribution in [0.15, 0.2) is 24.4 Å². The topological polar surface area (TPSA) is 86.4 Å². The van der Waals surface area contributed by atoms with Gasteiger partial charge in [-0.15, -0.1) is 0 Å². The van der Waals surface area contributed by atoms with Gasteiger partial charge < -0.3 is 14.6 Å². The first kappa shape index (κ1) is 22.5. The summed E-state index contributed by atoms with van der Waals surface area (Å²) in [6.45, 7) is 10.0. The quantitative estimate of drug-likeness (QED) is 0.717. The van der Waals surface area contributed by atoms with E-state index in [0.29, 0.717) is 24.5 Å². The number of hydrogen-bond acceptors (Lipinski definition) is 6. The van der Waals surface area contributed by atoms with E-state index in [1.165, 1.54) is 0 Å². The van der Waals surface area contributed by atoms with Crippen LogP contribution < -0.4 is 5.32 Å². The second kappa shape index (κ2) is 10.3. The van der Waals surface area contributed by atoms with Crippen molar-refractivity contribution in [2.75, 3.05) is 44.6 Å². The van der Waals surface area contributed by atoms with Gasteiger partial charge >= 0.3 is 0 Å². The van der Waals surface area contributed by atoms with Gasteiger partial charge in [0.15, 0.2) is 0 Å². The van der Waals surface area contributed by atoms with Gasteiger partial charge in [0.05, 0.1) is 30.5 Å². The second-order valence-electron chi connectivity index (χ2n) is 8.71. The third-order valence-electron chi connectivity index (χ3n) is 6.55. The molecule has 2 fully saturated rings. The van der Waals surface area contributed by atoms with Crippen LogP contribution in [-0.4, -0.2) is 70.7 Å². The van der Waals surface area contributed by atoms with Crippen molar-refractivity contribution < 1.29 is 9.53 Å². The van der Waals surface area contributed by atoms with Gasteiger partial charge in [-0.05, 0) is 44.4 Å². The highest BCUT2D eigenvalue weighted by molar-refractivity contribution is 5.93. The Balaban J connectivity index is 1.35. The zero-order valence-electron chi connectivity index (χ0n) is 19.0. The molecule has 2 aliphatic heterocycles. The third kappa shape index (κ3) is 5.18. The highest BCUT2D eigenvalue weighted by Crippen LogP contribution is 2.28. The van der Waals surface area contributed by atoms with Gasteiger partial charge in [0.25, 0.3) is 0 Å². The molecule has 4 heterocycles. The van der Waals surface area contributed by atoms with Crippen LogP contribution >= 0.6 is 0 Å². The van der Waals surface area contributed by atoms with Crippen molar-refractivity contribution in [1.29, 1.82) is 5.26 Å². The average molecular weight is 437 g/mol. The molecule has 2 aromatic rings. The Hall–Kier alpha value is -2.73. The molecule has 2 aromatic heterocycles. The molecule has 0 aromatic carbocycles. The van der Waals surface area contributed by atoms with E-state index in [1.54, 1.807) is 0 Å². The molecule has 1 unspecified atom stereocenters. The van der Waals surface area contributed by atoms with E-state index >= 15 is 0 Å². The second-order valence-corrected chi connectivity index (χ2v) is 8.71. The summed E-state index contributed by atoms with van der Waals surface area (Å²) < 4.78 is 7.84. The van der Waals surface area contributed by atoms with E-state index < -0.39 is 0 Å². The van der Waals surface area contributed by atoms with Crippen molar-refractivity contribution >= 4 is 11.7 Å². The van der Waals surface area contributed by atoms with E-state index in [0.717, 1.165) is 69.1 Å². The summed E-state index contributed by atoms with van der Waals surface area (Å²) in [5.74, 6) is 0.530.